The average molecular weight is 326 g/mol. The van der Waals surface area contributed by atoms with Crippen LogP contribution in [0.3, 0.4) is 0 Å². The van der Waals surface area contributed by atoms with Crippen molar-refractivity contribution in [2.75, 3.05) is 31.1 Å². The van der Waals surface area contributed by atoms with Gasteiger partial charge in [0.15, 0.2) is 0 Å². The number of carbonyl (C=O) groups excluding carboxylic acids is 1. The number of piperazine rings is 1. The summed E-state index contributed by atoms with van der Waals surface area (Å²) in [6.07, 6.45) is 5.30. The summed E-state index contributed by atoms with van der Waals surface area (Å²) in [6, 6.07) is 6.43. The first kappa shape index (κ1) is 15.9. The van der Waals surface area contributed by atoms with E-state index >= 15 is 0 Å². The molecule has 124 valence electrons. The standard InChI is InChI=1S/C17H18N4O3/c22-16(11-13-1-3-14(4-2-13)17(23)24)21-9-7-20(8-10-21)15-12-18-5-6-19-15/h1-6,12H,7-11H2,(H,23,24). The van der Waals surface area contributed by atoms with Gasteiger partial charge in [-0.15, -0.1) is 0 Å². The summed E-state index contributed by atoms with van der Waals surface area (Å²) in [7, 11) is 0. The zero-order chi connectivity index (χ0) is 16.9. The van der Waals surface area contributed by atoms with Crippen LogP contribution >= 0.6 is 0 Å². The Hall–Kier alpha value is -2.96. The number of aromatic nitrogens is 2. The van der Waals surface area contributed by atoms with E-state index in [-0.39, 0.29) is 17.9 Å². The molecule has 1 aliphatic rings. The van der Waals surface area contributed by atoms with Crippen molar-refractivity contribution in [3.8, 4) is 0 Å². The summed E-state index contributed by atoms with van der Waals surface area (Å²) in [5, 5.41) is 8.89. The third kappa shape index (κ3) is 3.68. The van der Waals surface area contributed by atoms with Gasteiger partial charge in [0.1, 0.15) is 5.82 Å². The number of hydrogen-bond acceptors (Lipinski definition) is 5. The maximum absolute atomic E-state index is 12.4. The molecule has 2 aromatic rings. The van der Waals surface area contributed by atoms with Crippen LogP contribution in [0.2, 0.25) is 0 Å². The van der Waals surface area contributed by atoms with E-state index in [0.29, 0.717) is 13.1 Å². The first-order valence-electron chi connectivity index (χ1n) is 7.74. The Kier molecular flexibility index (Phi) is 4.69. The highest BCUT2D eigenvalue weighted by Crippen LogP contribution is 2.13. The molecule has 0 unspecified atom stereocenters. The van der Waals surface area contributed by atoms with Crippen LogP contribution < -0.4 is 4.90 Å². The van der Waals surface area contributed by atoms with Gasteiger partial charge in [-0.05, 0) is 17.7 Å². The lowest BCUT2D eigenvalue weighted by molar-refractivity contribution is -0.130. The second kappa shape index (κ2) is 7.08. The summed E-state index contributed by atoms with van der Waals surface area (Å²) in [4.78, 5) is 35.5. The van der Waals surface area contributed by atoms with Crippen molar-refractivity contribution in [2.24, 2.45) is 0 Å². The summed E-state index contributed by atoms with van der Waals surface area (Å²) >= 11 is 0. The molecular weight excluding hydrogens is 308 g/mol. The number of carbonyl (C=O) groups is 2. The molecule has 2 heterocycles. The number of hydrogen-bond donors (Lipinski definition) is 1. The van der Waals surface area contributed by atoms with Crippen LogP contribution in [-0.4, -0.2) is 58.0 Å². The van der Waals surface area contributed by atoms with Gasteiger partial charge in [0.25, 0.3) is 0 Å². The number of anilines is 1. The Morgan fingerprint density at radius 2 is 1.75 bits per heavy atom. The van der Waals surface area contributed by atoms with Crippen LogP contribution in [0.15, 0.2) is 42.9 Å². The SMILES string of the molecule is O=C(O)c1ccc(CC(=O)N2CCN(c3cnccn3)CC2)cc1. The van der Waals surface area contributed by atoms with Crippen molar-refractivity contribution in [3.63, 3.8) is 0 Å². The fraction of sp³-hybridized carbons (Fsp3) is 0.294. The molecule has 0 atom stereocenters. The van der Waals surface area contributed by atoms with Gasteiger partial charge in [0.2, 0.25) is 5.91 Å². The van der Waals surface area contributed by atoms with E-state index in [1.165, 1.54) is 12.1 Å². The molecule has 0 radical (unpaired) electrons. The lowest BCUT2D eigenvalue weighted by Gasteiger charge is -2.35. The molecule has 1 N–H and O–H groups in total. The summed E-state index contributed by atoms with van der Waals surface area (Å²) < 4.78 is 0. The normalized spacial score (nSPS) is 14.5. The zero-order valence-corrected chi connectivity index (χ0v) is 13.1. The number of benzene rings is 1. The smallest absolute Gasteiger partial charge is 0.335 e. The molecule has 1 aromatic heterocycles. The number of carboxylic acid groups (broad SMARTS) is 1. The molecule has 1 fully saturated rings. The van der Waals surface area contributed by atoms with Crippen LogP contribution in [0, 0.1) is 0 Å². The lowest BCUT2D eigenvalue weighted by atomic mass is 10.1. The maximum atomic E-state index is 12.4. The molecular formula is C17H18N4O3. The fourth-order valence-corrected chi connectivity index (χ4v) is 2.69. The number of carboxylic acids is 1. The number of rotatable bonds is 4. The predicted molar refractivity (Wildman–Crippen MR) is 87.9 cm³/mol. The summed E-state index contributed by atoms with van der Waals surface area (Å²) in [5.74, 6) is -0.0845. The molecule has 1 amide bonds. The topological polar surface area (TPSA) is 86.6 Å². The van der Waals surface area contributed by atoms with Gasteiger partial charge in [0, 0.05) is 38.6 Å². The molecule has 0 aliphatic carbocycles. The highest BCUT2D eigenvalue weighted by Gasteiger charge is 2.22. The van der Waals surface area contributed by atoms with E-state index in [2.05, 4.69) is 14.9 Å². The monoisotopic (exact) mass is 326 g/mol. The largest absolute Gasteiger partial charge is 0.478 e. The lowest BCUT2D eigenvalue weighted by Crippen LogP contribution is -2.49. The second-order valence-corrected chi connectivity index (χ2v) is 5.61. The van der Waals surface area contributed by atoms with Crippen LogP contribution in [0.5, 0.6) is 0 Å². The maximum Gasteiger partial charge on any atom is 0.335 e. The molecule has 0 bridgehead atoms. The van der Waals surface area contributed by atoms with E-state index in [4.69, 9.17) is 5.11 Å². The van der Waals surface area contributed by atoms with E-state index in [1.54, 1.807) is 30.7 Å². The minimum atomic E-state index is -0.965. The Morgan fingerprint density at radius 1 is 1.04 bits per heavy atom. The number of nitrogens with zero attached hydrogens (tertiary/aromatic N) is 4. The van der Waals surface area contributed by atoms with Gasteiger partial charge in [-0.25, -0.2) is 9.78 Å². The van der Waals surface area contributed by atoms with E-state index in [1.807, 2.05) is 4.90 Å². The molecule has 0 saturated carbocycles. The number of aromatic carboxylic acids is 1. The fourth-order valence-electron chi connectivity index (χ4n) is 2.69. The van der Waals surface area contributed by atoms with Gasteiger partial charge in [-0.2, -0.15) is 0 Å². The van der Waals surface area contributed by atoms with Gasteiger partial charge in [-0.1, -0.05) is 12.1 Å². The van der Waals surface area contributed by atoms with Gasteiger partial charge in [0.05, 0.1) is 18.2 Å². The van der Waals surface area contributed by atoms with Crippen molar-refractivity contribution >= 4 is 17.7 Å². The van der Waals surface area contributed by atoms with Crippen LogP contribution in [-0.2, 0) is 11.2 Å². The summed E-state index contributed by atoms with van der Waals surface area (Å²) in [5.41, 5.74) is 1.05. The minimum Gasteiger partial charge on any atom is -0.478 e. The van der Waals surface area contributed by atoms with E-state index in [0.717, 1.165) is 24.5 Å². The minimum absolute atomic E-state index is 0.0527. The average Bonchev–Trinajstić information content (AvgIpc) is 2.63. The molecule has 7 nitrogen and oxygen atoms in total. The van der Waals surface area contributed by atoms with Crippen LogP contribution in [0.25, 0.3) is 0 Å². The van der Waals surface area contributed by atoms with Crippen molar-refractivity contribution in [3.05, 3.63) is 54.0 Å². The molecule has 0 spiro atoms. The molecule has 1 aromatic carbocycles. The van der Waals surface area contributed by atoms with E-state index < -0.39 is 5.97 Å². The predicted octanol–water partition coefficient (Wildman–Crippen LogP) is 1.07. The molecule has 3 rings (SSSR count). The van der Waals surface area contributed by atoms with Gasteiger partial charge in [-0.3, -0.25) is 9.78 Å². The molecule has 1 saturated heterocycles. The Morgan fingerprint density at radius 3 is 2.33 bits per heavy atom. The van der Waals surface area contributed by atoms with Crippen molar-refractivity contribution < 1.29 is 14.7 Å². The van der Waals surface area contributed by atoms with Crippen molar-refractivity contribution in [1.82, 2.24) is 14.9 Å². The summed E-state index contributed by atoms with van der Waals surface area (Å²) in [6.45, 7) is 2.73. The Bertz CT molecular complexity index is 710. The Balaban J connectivity index is 1.54. The Labute approximate surface area is 139 Å². The highest BCUT2D eigenvalue weighted by molar-refractivity contribution is 5.87. The molecule has 7 heteroatoms. The van der Waals surface area contributed by atoms with Crippen molar-refractivity contribution in [1.29, 1.82) is 0 Å². The molecule has 1 aliphatic heterocycles. The second-order valence-electron chi connectivity index (χ2n) is 5.61. The van der Waals surface area contributed by atoms with Crippen molar-refractivity contribution in [2.45, 2.75) is 6.42 Å². The quantitative estimate of drug-likeness (QED) is 0.904. The van der Waals surface area contributed by atoms with E-state index in [9.17, 15) is 9.59 Å². The van der Waals surface area contributed by atoms with Crippen LogP contribution in [0.1, 0.15) is 15.9 Å². The molecule has 24 heavy (non-hydrogen) atoms. The zero-order valence-electron chi connectivity index (χ0n) is 13.1. The number of amides is 1. The van der Waals surface area contributed by atoms with Gasteiger partial charge >= 0.3 is 5.97 Å². The van der Waals surface area contributed by atoms with Crippen LogP contribution in [0.4, 0.5) is 5.82 Å². The first-order valence-corrected chi connectivity index (χ1v) is 7.74. The third-order valence-corrected chi connectivity index (χ3v) is 4.06. The van der Waals surface area contributed by atoms with Gasteiger partial charge < -0.3 is 14.9 Å². The highest BCUT2D eigenvalue weighted by atomic mass is 16.4. The first-order chi connectivity index (χ1) is 11.6. The third-order valence-electron chi connectivity index (χ3n) is 4.06.